The van der Waals surface area contributed by atoms with Gasteiger partial charge in [0.1, 0.15) is 18.3 Å². The number of nitrogens with zero attached hydrogens (tertiary/aromatic N) is 4. The molecular weight excluding hydrogens is 414 g/mol. The fourth-order valence-electron chi connectivity index (χ4n) is 3.06. The predicted octanol–water partition coefficient (Wildman–Crippen LogP) is 3.67. The maximum atomic E-state index is 11.9. The quantitative estimate of drug-likeness (QED) is 0.345. The number of aryl methyl sites for hydroxylation is 1. The van der Waals surface area contributed by atoms with Crippen LogP contribution < -0.4 is 10.6 Å². The van der Waals surface area contributed by atoms with Gasteiger partial charge in [-0.15, -0.1) is 0 Å². The van der Waals surface area contributed by atoms with Crippen LogP contribution in [0.25, 0.3) is 5.82 Å². The Morgan fingerprint density at radius 1 is 1.32 bits per heavy atom. The Labute approximate surface area is 185 Å². The second-order valence-corrected chi connectivity index (χ2v) is 8.20. The molecule has 1 aliphatic rings. The minimum absolute atomic E-state index is 0.0703. The summed E-state index contributed by atoms with van der Waals surface area (Å²) in [7, 11) is 0. The van der Waals surface area contributed by atoms with E-state index in [1.165, 1.54) is 0 Å². The average Bonchev–Trinajstić information content (AvgIpc) is 3.38. The van der Waals surface area contributed by atoms with Crippen LogP contribution >= 0.6 is 11.9 Å². The first-order chi connectivity index (χ1) is 15.1. The molecule has 0 fully saturated rings. The number of fused-ring (bicyclic) bond motifs is 1. The van der Waals surface area contributed by atoms with Crippen LogP contribution in [-0.2, 0) is 16.1 Å². The van der Waals surface area contributed by atoms with Gasteiger partial charge in [-0.1, -0.05) is 6.92 Å². The Balaban J connectivity index is 1.40. The van der Waals surface area contributed by atoms with E-state index >= 15 is 0 Å². The summed E-state index contributed by atoms with van der Waals surface area (Å²) < 4.78 is 9.39. The molecular formula is C21H25N7O2S. The van der Waals surface area contributed by atoms with Crippen molar-refractivity contribution >= 4 is 35.2 Å². The molecule has 1 aliphatic heterocycles. The fourth-order valence-corrected chi connectivity index (χ4v) is 3.92. The molecule has 4 rings (SSSR count). The molecule has 0 radical (unpaired) electrons. The maximum absolute atomic E-state index is 11.9. The maximum Gasteiger partial charge on any atom is 0.250 e. The zero-order chi connectivity index (χ0) is 21.6. The number of hydrogen-bond acceptors (Lipinski definition) is 7. The van der Waals surface area contributed by atoms with E-state index in [-0.39, 0.29) is 12.5 Å². The lowest BCUT2D eigenvalue weighted by Gasteiger charge is -2.26. The van der Waals surface area contributed by atoms with E-state index in [4.69, 9.17) is 4.74 Å². The van der Waals surface area contributed by atoms with E-state index in [1.54, 1.807) is 18.1 Å². The number of carbonyl (C=O) groups excluding carboxylic acids is 1. The Kier molecular flexibility index (Phi) is 6.58. The number of aromatic nitrogens is 4. The van der Waals surface area contributed by atoms with Crippen molar-refractivity contribution in [1.29, 1.82) is 0 Å². The molecule has 3 N–H and O–H groups in total. The minimum atomic E-state index is -0.149. The van der Waals surface area contributed by atoms with Crippen LogP contribution in [0, 0.1) is 6.92 Å². The molecule has 0 spiro atoms. The van der Waals surface area contributed by atoms with Gasteiger partial charge >= 0.3 is 0 Å². The second-order valence-electron chi connectivity index (χ2n) is 7.08. The smallest absolute Gasteiger partial charge is 0.250 e. The van der Waals surface area contributed by atoms with Crippen LogP contribution in [0.15, 0.2) is 53.8 Å². The highest BCUT2D eigenvalue weighted by molar-refractivity contribution is 7.97. The number of benzene rings is 1. The number of nitrogens with one attached hydrogen (secondary N) is 3. The number of imidazole rings is 1. The Bertz CT molecular complexity index is 1060. The first-order valence-corrected chi connectivity index (χ1v) is 10.8. The van der Waals surface area contributed by atoms with E-state index in [1.807, 2.05) is 61.1 Å². The Morgan fingerprint density at radius 3 is 2.90 bits per heavy atom. The van der Waals surface area contributed by atoms with Gasteiger partial charge in [-0.05, 0) is 49.6 Å². The third kappa shape index (κ3) is 5.47. The van der Waals surface area contributed by atoms with Gasteiger partial charge in [0, 0.05) is 41.3 Å². The van der Waals surface area contributed by atoms with Crippen LogP contribution in [0.5, 0.6) is 0 Å². The SMILES string of the molecule is CCCOCC(=O)Nc1ccc(SN2C=C(Nc3cc(C)[nH]n3)n3ccnc3C2)cc1. The second kappa shape index (κ2) is 9.71. The molecule has 3 aromatic rings. The van der Waals surface area contributed by atoms with Crippen molar-refractivity contribution in [2.24, 2.45) is 0 Å². The summed E-state index contributed by atoms with van der Waals surface area (Å²) in [5.74, 6) is 2.40. The van der Waals surface area contributed by atoms with Gasteiger partial charge in [0.25, 0.3) is 0 Å². The van der Waals surface area contributed by atoms with E-state index in [0.717, 1.165) is 40.2 Å². The third-order valence-electron chi connectivity index (χ3n) is 4.44. The topological polar surface area (TPSA) is 100 Å². The molecule has 31 heavy (non-hydrogen) atoms. The lowest BCUT2D eigenvalue weighted by Crippen LogP contribution is -2.23. The monoisotopic (exact) mass is 439 g/mol. The molecule has 0 unspecified atom stereocenters. The molecule has 10 heteroatoms. The van der Waals surface area contributed by atoms with Gasteiger partial charge in [-0.25, -0.2) is 4.98 Å². The van der Waals surface area contributed by atoms with Gasteiger partial charge in [-0.3, -0.25) is 14.5 Å². The van der Waals surface area contributed by atoms with Crippen molar-refractivity contribution in [3.05, 3.63) is 60.4 Å². The van der Waals surface area contributed by atoms with Gasteiger partial charge in [0.05, 0.1) is 12.7 Å². The molecule has 3 heterocycles. The number of anilines is 2. The molecule has 1 aromatic carbocycles. The molecule has 1 amide bonds. The third-order valence-corrected chi connectivity index (χ3v) is 5.40. The number of aromatic amines is 1. The van der Waals surface area contributed by atoms with Crippen molar-refractivity contribution < 1.29 is 9.53 Å². The van der Waals surface area contributed by atoms with Crippen molar-refractivity contribution in [1.82, 2.24) is 24.1 Å². The highest BCUT2D eigenvalue weighted by Gasteiger charge is 2.19. The van der Waals surface area contributed by atoms with Gasteiger partial charge < -0.3 is 19.7 Å². The number of ether oxygens (including phenoxy) is 1. The normalized spacial score (nSPS) is 13.0. The summed E-state index contributed by atoms with van der Waals surface area (Å²) in [5, 5.41) is 13.4. The molecule has 2 aromatic heterocycles. The van der Waals surface area contributed by atoms with E-state index in [2.05, 4.69) is 30.1 Å². The van der Waals surface area contributed by atoms with E-state index < -0.39 is 0 Å². The molecule has 162 valence electrons. The van der Waals surface area contributed by atoms with Crippen molar-refractivity contribution in [3.8, 4) is 0 Å². The summed E-state index contributed by atoms with van der Waals surface area (Å²) >= 11 is 1.59. The summed E-state index contributed by atoms with van der Waals surface area (Å²) in [6, 6.07) is 9.68. The van der Waals surface area contributed by atoms with Crippen molar-refractivity contribution in [2.75, 3.05) is 23.8 Å². The van der Waals surface area contributed by atoms with Crippen molar-refractivity contribution in [3.63, 3.8) is 0 Å². The van der Waals surface area contributed by atoms with Crippen molar-refractivity contribution in [2.45, 2.75) is 31.7 Å². The number of hydrogen-bond donors (Lipinski definition) is 3. The average molecular weight is 440 g/mol. The molecule has 0 aliphatic carbocycles. The summed E-state index contributed by atoms with van der Waals surface area (Å²) in [4.78, 5) is 17.4. The zero-order valence-electron chi connectivity index (χ0n) is 17.5. The fraction of sp³-hybridized carbons (Fsp3) is 0.286. The molecule has 0 atom stereocenters. The molecule has 0 bridgehead atoms. The zero-order valence-corrected chi connectivity index (χ0v) is 18.3. The number of amides is 1. The predicted molar refractivity (Wildman–Crippen MR) is 121 cm³/mol. The molecule has 9 nitrogen and oxygen atoms in total. The lowest BCUT2D eigenvalue weighted by atomic mass is 10.3. The standard InChI is InChI=1S/C21H25N7O2S/c1-3-10-30-14-21(29)23-16-4-6-17(7-5-16)31-27-12-19-22-8-9-28(19)20(13-27)24-18-11-15(2)25-26-18/h4-9,11,13H,3,10,12,14H2,1-2H3,(H,23,29)(H2,24,25,26). The van der Waals surface area contributed by atoms with Crippen LogP contribution in [0.2, 0.25) is 0 Å². The molecule has 0 saturated carbocycles. The Morgan fingerprint density at radius 2 is 2.16 bits per heavy atom. The highest BCUT2D eigenvalue weighted by atomic mass is 32.2. The summed E-state index contributed by atoms with van der Waals surface area (Å²) in [5.41, 5.74) is 1.73. The minimum Gasteiger partial charge on any atom is -0.372 e. The van der Waals surface area contributed by atoms with Crippen LogP contribution in [0.4, 0.5) is 11.5 Å². The number of carbonyl (C=O) groups is 1. The largest absolute Gasteiger partial charge is 0.372 e. The molecule has 0 saturated heterocycles. The van der Waals surface area contributed by atoms with Gasteiger partial charge in [-0.2, -0.15) is 5.10 Å². The highest BCUT2D eigenvalue weighted by Crippen LogP contribution is 2.30. The Hall–Kier alpha value is -3.24. The summed E-state index contributed by atoms with van der Waals surface area (Å²) in [6.07, 6.45) is 6.64. The number of H-pyrrole nitrogens is 1. The van der Waals surface area contributed by atoms with Gasteiger partial charge in [0.15, 0.2) is 5.82 Å². The lowest BCUT2D eigenvalue weighted by molar-refractivity contribution is -0.120. The van der Waals surface area contributed by atoms with Gasteiger partial charge in [0.2, 0.25) is 5.91 Å². The number of rotatable bonds is 9. The van der Waals surface area contributed by atoms with Crippen LogP contribution in [0.1, 0.15) is 24.9 Å². The summed E-state index contributed by atoms with van der Waals surface area (Å²) in [6.45, 7) is 5.29. The van der Waals surface area contributed by atoms with E-state index in [0.29, 0.717) is 13.2 Å². The first-order valence-electron chi connectivity index (χ1n) is 10.1. The van der Waals surface area contributed by atoms with Crippen LogP contribution in [0.3, 0.4) is 0 Å². The van der Waals surface area contributed by atoms with Crippen LogP contribution in [-0.4, -0.2) is 43.2 Å². The first kappa shape index (κ1) is 21.0. The van der Waals surface area contributed by atoms with E-state index in [9.17, 15) is 4.79 Å².